The average molecular weight is 363 g/mol. The first-order valence-electron chi connectivity index (χ1n) is 8.84. The van der Waals surface area contributed by atoms with Gasteiger partial charge in [0.05, 0.1) is 5.56 Å². The first-order chi connectivity index (χ1) is 12.3. The van der Waals surface area contributed by atoms with Crippen molar-refractivity contribution in [2.24, 2.45) is 18.9 Å². The molecular weight excluding hydrogens is 343 g/mol. The summed E-state index contributed by atoms with van der Waals surface area (Å²) in [5, 5.41) is 6.07. The lowest BCUT2D eigenvalue weighted by Crippen LogP contribution is -2.25. The van der Waals surface area contributed by atoms with Crippen LogP contribution in [0.5, 0.6) is 0 Å². The molecule has 1 N–H and O–H groups in total. The van der Waals surface area contributed by atoms with Crippen molar-refractivity contribution in [3.63, 3.8) is 0 Å². The number of nitrogens with zero attached hydrogens (tertiary/aromatic N) is 2. The molecule has 2 saturated carbocycles. The number of aromatic nitrogens is 2. The highest BCUT2D eigenvalue weighted by atomic mass is 19.4. The average Bonchev–Trinajstić information content (AvgIpc) is 3.27. The Labute approximate surface area is 149 Å². The van der Waals surface area contributed by atoms with Gasteiger partial charge in [0.15, 0.2) is 5.69 Å². The van der Waals surface area contributed by atoms with E-state index in [1.54, 1.807) is 12.1 Å². The molecule has 4 rings (SSSR count). The monoisotopic (exact) mass is 363 g/mol. The van der Waals surface area contributed by atoms with Crippen molar-refractivity contribution in [2.75, 3.05) is 5.32 Å². The fourth-order valence-electron chi connectivity index (χ4n) is 3.89. The second kappa shape index (κ2) is 6.14. The number of hydrogen-bond donors (Lipinski definition) is 1. The van der Waals surface area contributed by atoms with Crippen molar-refractivity contribution in [2.45, 2.75) is 37.8 Å². The van der Waals surface area contributed by atoms with Crippen LogP contribution in [-0.4, -0.2) is 15.7 Å². The molecule has 0 saturated heterocycles. The fraction of sp³-hybridized carbons (Fsp3) is 0.474. The van der Waals surface area contributed by atoms with Crippen LogP contribution in [-0.2, 0) is 13.2 Å². The zero-order valence-corrected chi connectivity index (χ0v) is 14.4. The van der Waals surface area contributed by atoms with Gasteiger partial charge in [0, 0.05) is 18.9 Å². The molecule has 1 aromatic carbocycles. The lowest BCUT2D eigenvalue weighted by molar-refractivity contribution is -0.141. The van der Waals surface area contributed by atoms with Gasteiger partial charge in [0.25, 0.3) is 5.91 Å². The molecule has 1 heterocycles. The number of carbonyl (C=O) groups is 1. The van der Waals surface area contributed by atoms with Crippen molar-refractivity contribution < 1.29 is 18.0 Å². The van der Waals surface area contributed by atoms with Gasteiger partial charge in [-0.25, -0.2) is 0 Å². The van der Waals surface area contributed by atoms with Gasteiger partial charge in [-0.1, -0.05) is 18.2 Å². The maximum absolute atomic E-state index is 13.1. The van der Waals surface area contributed by atoms with Crippen LogP contribution in [0.4, 0.5) is 18.9 Å². The Morgan fingerprint density at radius 2 is 1.88 bits per heavy atom. The van der Waals surface area contributed by atoms with Crippen LogP contribution in [0.15, 0.2) is 30.5 Å². The highest BCUT2D eigenvalue weighted by molar-refractivity contribution is 6.05. The summed E-state index contributed by atoms with van der Waals surface area (Å²) in [6.07, 6.45) is 1.26. The van der Waals surface area contributed by atoms with Crippen LogP contribution >= 0.6 is 0 Å². The Balaban J connectivity index is 1.54. The Kier molecular flexibility index (Phi) is 4.04. The predicted octanol–water partition coefficient (Wildman–Crippen LogP) is 4.59. The number of alkyl halides is 3. The van der Waals surface area contributed by atoms with E-state index in [2.05, 4.69) is 10.4 Å². The Morgan fingerprint density at radius 1 is 1.19 bits per heavy atom. The van der Waals surface area contributed by atoms with E-state index in [0.29, 0.717) is 11.6 Å². The summed E-state index contributed by atoms with van der Waals surface area (Å²) < 4.78 is 40.3. The minimum absolute atomic E-state index is 0.369. The van der Waals surface area contributed by atoms with Crippen molar-refractivity contribution in [1.29, 1.82) is 0 Å². The van der Waals surface area contributed by atoms with Gasteiger partial charge in [0.1, 0.15) is 0 Å². The Bertz CT molecular complexity index is 833. The van der Waals surface area contributed by atoms with Crippen LogP contribution in [0.1, 0.15) is 53.2 Å². The molecule has 1 aromatic heterocycles. The SMILES string of the molecule is Cn1cc(C(=O)Nc2ccccc2C2CC(C3CC3)C2)c(C(F)(F)F)n1. The maximum atomic E-state index is 13.1. The highest BCUT2D eigenvalue weighted by Gasteiger charge is 2.42. The number of rotatable bonds is 4. The minimum atomic E-state index is -4.67. The molecular formula is C19H20F3N3O. The number of nitrogens with one attached hydrogen (secondary N) is 1. The normalized spacial score (nSPS) is 22.8. The largest absolute Gasteiger partial charge is 0.435 e. The van der Waals surface area contributed by atoms with Crippen LogP contribution < -0.4 is 5.32 Å². The third-order valence-corrected chi connectivity index (χ3v) is 5.45. The van der Waals surface area contributed by atoms with Gasteiger partial charge in [-0.2, -0.15) is 18.3 Å². The lowest BCUT2D eigenvalue weighted by atomic mass is 9.69. The number of halogens is 3. The summed E-state index contributed by atoms with van der Waals surface area (Å²) in [5.74, 6) is 1.21. The quantitative estimate of drug-likeness (QED) is 0.863. The van der Waals surface area contributed by atoms with Crippen molar-refractivity contribution in [1.82, 2.24) is 9.78 Å². The van der Waals surface area contributed by atoms with Crippen LogP contribution in [0.3, 0.4) is 0 Å². The van der Waals surface area contributed by atoms with E-state index >= 15 is 0 Å². The van der Waals surface area contributed by atoms with Gasteiger partial charge in [-0.15, -0.1) is 0 Å². The second-order valence-electron chi connectivity index (χ2n) is 7.37. The molecule has 26 heavy (non-hydrogen) atoms. The number of carbonyl (C=O) groups excluding carboxylic acids is 1. The number of aryl methyl sites for hydroxylation is 1. The molecule has 0 radical (unpaired) electrons. The molecule has 7 heteroatoms. The van der Waals surface area contributed by atoms with E-state index in [1.165, 1.54) is 19.9 Å². The molecule has 0 atom stereocenters. The van der Waals surface area contributed by atoms with E-state index < -0.39 is 23.3 Å². The predicted molar refractivity (Wildman–Crippen MR) is 90.8 cm³/mol. The smallest absolute Gasteiger partial charge is 0.322 e. The molecule has 0 bridgehead atoms. The maximum Gasteiger partial charge on any atom is 0.435 e. The molecule has 0 unspecified atom stereocenters. The van der Waals surface area contributed by atoms with Crippen molar-refractivity contribution in [3.05, 3.63) is 47.3 Å². The number of benzene rings is 1. The fourth-order valence-corrected chi connectivity index (χ4v) is 3.89. The molecule has 2 aliphatic rings. The third kappa shape index (κ3) is 3.22. The van der Waals surface area contributed by atoms with E-state index in [-0.39, 0.29) is 0 Å². The molecule has 0 aliphatic heterocycles. The number of hydrogen-bond acceptors (Lipinski definition) is 2. The van der Waals surface area contributed by atoms with Gasteiger partial charge >= 0.3 is 6.18 Å². The van der Waals surface area contributed by atoms with E-state index in [9.17, 15) is 18.0 Å². The Hall–Kier alpha value is -2.31. The number of anilines is 1. The summed E-state index contributed by atoms with van der Waals surface area (Å²) in [7, 11) is 1.37. The molecule has 4 nitrogen and oxygen atoms in total. The zero-order valence-electron chi connectivity index (χ0n) is 14.4. The van der Waals surface area contributed by atoms with Gasteiger partial charge in [-0.05, 0) is 55.1 Å². The minimum Gasteiger partial charge on any atom is -0.322 e. The first kappa shape index (κ1) is 17.1. The van der Waals surface area contributed by atoms with Crippen LogP contribution in [0.2, 0.25) is 0 Å². The van der Waals surface area contributed by atoms with Crippen molar-refractivity contribution >= 4 is 11.6 Å². The first-order valence-corrected chi connectivity index (χ1v) is 8.84. The lowest BCUT2D eigenvalue weighted by Gasteiger charge is -2.37. The standard InChI is InChI=1S/C19H20F3N3O/c1-25-10-15(17(24-25)19(20,21)22)18(26)23-16-5-3-2-4-14(16)13-8-12(9-13)11-6-7-11/h2-5,10-13H,6-9H2,1H3,(H,23,26). The molecule has 138 valence electrons. The van der Waals surface area contributed by atoms with Gasteiger partial charge < -0.3 is 5.32 Å². The third-order valence-electron chi connectivity index (χ3n) is 5.45. The van der Waals surface area contributed by atoms with E-state index in [4.69, 9.17) is 0 Å². The highest BCUT2D eigenvalue weighted by Crippen LogP contribution is 2.54. The molecule has 2 fully saturated rings. The van der Waals surface area contributed by atoms with Crippen LogP contribution in [0.25, 0.3) is 0 Å². The van der Waals surface area contributed by atoms with E-state index in [0.717, 1.165) is 41.1 Å². The summed E-state index contributed by atoms with van der Waals surface area (Å²) in [6, 6.07) is 7.39. The molecule has 0 spiro atoms. The van der Waals surface area contributed by atoms with E-state index in [1.807, 2.05) is 12.1 Å². The number of amides is 1. The summed E-state index contributed by atoms with van der Waals surface area (Å²) in [4.78, 5) is 12.5. The molecule has 2 aromatic rings. The summed E-state index contributed by atoms with van der Waals surface area (Å²) in [6.45, 7) is 0. The van der Waals surface area contributed by atoms with Gasteiger partial charge in [0.2, 0.25) is 0 Å². The Morgan fingerprint density at radius 3 is 2.54 bits per heavy atom. The number of para-hydroxylation sites is 1. The molecule has 2 aliphatic carbocycles. The zero-order chi connectivity index (χ0) is 18.5. The summed E-state index contributed by atoms with van der Waals surface area (Å²) >= 11 is 0. The van der Waals surface area contributed by atoms with Gasteiger partial charge in [-0.3, -0.25) is 9.48 Å². The second-order valence-corrected chi connectivity index (χ2v) is 7.37. The topological polar surface area (TPSA) is 46.9 Å². The van der Waals surface area contributed by atoms with Crippen molar-refractivity contribution in [3.8, 4) is 0 Å². The molecule has 1 amide bonds. The summed E-state index contributed by atoms with van der Waals surface area (Å²) in [5.41, 5.74) is -0.0179. The van der Waals surface area contributed by atoms with Crippen LogP contribution in [0, 0.1) is 11.8 Å².